The largest absolute Gasteiger partial charge is 0.387 e. The third-order valence-electron chi connectivity index (χ3n) is 3.18. The number of hydrogen-bond acceptors (Lipinski definition) is 2. The van der Waals surface area contributed by atoms with Gasteiger partial charge in [-0.2, -0.15) is 0 Å². The Morgan fingerprint density at radius 3 is 2.20 bits per heavy atom. The maximum absolute atomic E-state index is 9.56. The SMILES string of the molecule is CCC(C)(C)c1ccc(C(O)CN)cc1. The molecule has 2 nitrogen and oxygen atoms in total. The Kier molecular flexibility index (Phi) is 3.89. The molecule has 0 saturated carbocycles. The number of benzene rings is 1. The highest BCUT2D eigenvalue weighted by atomic mass is 16.3. The minimum Gasteiger partial charge on any atom is -0.387 e. The van der Waals surface area contributed by atoms with E-state index in [2.05, 4.69) is 32.9 Å². The van der Waals surface area contributed by atoms with Crippen LogP contribution in [-0.4, -0.2) is 11.7 Å². The predicted octanol–water partition coefficient (Wildman–Crippen LogP) is 2.37. The molecule has 0 saturated heterocycles. The second-order valence-electron chi connectivity index (χ2n) is 4.61. The van der Waals surface area contributed by atoms with E-state index in [1.807, 2.05) is 12.1 Å². The molecule has 3 N–H and O–H groups in total. The van der Waals surface area contributed by atoms with E-state index < -0.39 is 6.10 Å². The lowest BCUT2D eigenvalue weighted by Crippen LogP contribution is -2.16. The Morgan fingerprint density at radius 2 is 1.80 bits per heavy atom. The molecule has 1 aromatic rings. The van der Waals surface area contributed by atoms with Gasteiger partial charge in [-0.25, -0.2) is 0 Å². The highest BCUT2D eigenvalue weighted by Crippen LogP contribution is 2.27. The van der Waals surface area contributed by atoms with Crippen LogP contribution < -0.4 is 5.73 Å². The summed E-state index contributed by atoms with van der Waals surface area (Å²) < 4.78 is 0. The van der Waals surface area contributed by atoms with Crippen molar-refractivity contribution in [1.29, 1.82) is 0 Å². The lowest BCUT2D eigenvalue weighted by Gasteiger charge is -2.23. The molecule has 2 heteroatoms. The second kappa shape index (κ2) is 4.77. The van der Waals surface area contributed by atoms with Crippen LogP contribution in [0.2, 0.25) is 0 Å². The van der Waals surface area contributed by atoms with E-state index in [-0.39, 0.29) is 12.0 Å². The number of aliphatic hydroxyl groups is 1. The lowest BCUT2D eigenvalue weighted by molar-refractivity contribution is 0.186. The van der Waals surface area contributed by atoms with Crippen LogP contribution in [0.15, 0.2) is 24.3 Å². The van der Waals surface area contributed by atoms with Crippen LogP contribution in [0.4, 0.5) is 0 Å². The maximum atomic E-state index is 9.56. The molecule has 84 valence electrons. The molecule has 0 amide bonds. The van der Waals surface area contributed by atoms with Crippen molar-refractivity contribution < 1.29 is 5.11 Å². The smallest absolute Gasteiger partial charge is 0.0912 e. The highest BCUT2D eigenvalue weighted by molar-refractivity contribution is 5.29. The van der Waals surface area contributed by atoms with Gasteiger partial charge < -0.3 is 10.8 Å². The van der Waals surface area contributed by atoms with Gasteiger partial charge in [0.25, 0.3) is 0 Å². The summed E-state index contributed by atoms with van der Waals surface area (Å²) in [6, 6.07) is 8.09. The van der Waals surface area contributed by atoms with Crippen molar-refractivity contribution in [3.8, 4) is 0 Å². The molecule has 1 rings (SSSR count). The average Bonchev–Trinajstić information content (AvgIpc) is 2.28. The van der Waals surface area contributed by atoms with Crippen LogP contribution in [0.25, 0.3) is 0 Å². The van der Waals surface area contributed by atoms with Gasteiger partial charge >= 0.3 is 0 Å². The number of rotatable bonds is 4. The minimum atomic E-state index is -0.538. The number of aliphatic hydroxyl groups excluding tert-OH is 1. The Morgan fingerprint density at radius 1 is 1.27 bits per heavy atom. The molecular formula is C13H21NO. The molecule has 1 atom stereocenters. The van der Waals surface area contributed by atoms with Crippen LogP contribution in [0.3, 0.4) is 0 Å². The number of nitrogens with two attached hydrogens (primary N) is 1. The van der Waals surface area contributed by atoms with E-state index >= 15 is 0 Å². The van der Waals surface area contributed by atoms with Crippen molar-refractivity contribution in [3.05, 3.63) is 35.4 Å². The van der Waals surface area contributed by atoms with Gasteiger partial charge in [0.2, 0.25) is 0 Å². The second-order valence-corrected chi connectivity index (χ2v) is 4.61. The van der Waals surface area contributed by atoms with Crippen LogP contribution in [-0.2, 0) is 5.41 Å². The molecule has 1 aromatic carbocycles. The van der Waals surface area contributed by atoms with Crippen molar-refractivity contribution in [3.63, 3.8) is 0 Å². The molecule has 0 aliphatic heterocycles. The summed E-state index contributed by atoms with van der Waals surface area (Å²) >= 11 is 0. The first-order valence-electron chi connectivity index (χ1n) is 5.50. The van der Waals surface area contributed by atoms with Gasteiger partial charge in [-0.1, -0.05) is 45.0 Å². The van der Waals surface area contributed by atoms with Crippen LogP contribution in [0, 0.1) is 0 Å². The Balaban J connectivity index is 2.90. The van der Waals surface area contributed by atoms with Gasteiger partial charge in [0.05, 0.1) is 6.10 Å². The van der Waals surface area contributed by atoms with Gasteiger partial charge in [0.15, 0.2) is 0 Å². The van der Waals surface area contributed by atoms with Crippen LogP contribution >= 0.6 is 0 Å². The fraction of sp³-hybridized carbons (Fsp3) is 0.538. The summed E-state index contributed by atoms with van der Waals surface area (Å²) in [5, 5.41) is 9.56. The van der Waals surface area contributed by atoms with E-state index in [1.165, 1.54) is 5.56 Å². The zero-order valence-electron chi connectivity index (χ0n) is 9.83. The van der Waals surface area contributed by atoms with Crippen LogP contribution in [0.5, 0.6) is 0 Å². The summed E-state index contributed by atoms with van der Waals surface area (Å²) in [7, 11) is 0. The molecule has 0 fully saturated rings. The topological polar surface area (TPSA) is 46.2 Å². The zero-order chi connectivity index (χ0) is 11.5. The molecule has 1 unspecified atom stereocenters. The van der Waals surface area contributed by atoms with E-state index in [0.717, 1.165) is 12.0 Å². The van der Waals surface area contributed by atoms with Crippen LogP contribution in [0.1, 0.15) is 44.4 Å². The van der Waals surface area contributed by atoms with Gasteiger partial charge in [-0.05, 0) is 23.0 Å². The van der Waals surface area contributed by atoms with Crippen molar-refractivity contribution in [1.82, 2.24) is 0 Å². The average molecular weight is 207 g/mol. The molecule has 0 aliphatic carbocycles. The first kappa shape index (κ1) is 12.2. The summed E-state index contributed by atoms with van der Waals surface area (Å²) in [4.78, 5) is 0. The van der Waals surface area contributed by atoms with Gasteiger partial charge in [0.1, 0.15) is 0 Å². The first-order valence-corrected chi connectivity index (χ1v) is 5.50. The Bertz CT molecular complexity index is 303. The normalized spacial score (nSPS) is 13.9. The first-order chi connectivity index (χ1) is 7.01. The fourth-order valence-electron chi connectivity index (χ4n) is 1.50. The minimum absolute atomic E-state index is 0.201. The van der Waals surface area contributed by atoms with Gasteiger partial charge in [-0.15, -0.1) is 0 Å². The molecule has 0 radical (unpaired) electrons. The molecule has 0 aliphatic rings. The van der Waals surface area contributed by atoms with E-state index in [0.29, 0.717) is 0 Å². The molecule has 0 spiro atoms. The van der Waals surface area contributed by atoms with Crippen molar-refractivity contribution in [2.75, 3.05) is 6.54 Å². The highest BCUT2D eigenvalue weighted by Gasteiger charge is 2.17. The molecule has 0 aromatic heterocycles. The quantitative estimate of drug-likeness (QED) is 0.796. The predicted molar refractivity (Wildman–Crippen MR) is 63.8 cm³/mol. The number of hydrogen-bond donors (Lipinski definition) is 2. The monoisotopic (exact) mass is 207 g/mol. The maximum Gasteiger partial charge on any atom is 0.0912 e. The fourth-order valence-corrected chi connectivity index (χ4v) is 1.50. The van der Waals surface area contributed by atoms with E-state index in [1.54, 1.807) is 0 Å². The molecule has 15 heavy (non-hydrogen) atoms. The standard InChI is InChI=1S/C13H21NO/c1-4-13(2,3)11-7-5-10(6-8-11)12(15)9-14/h5-8,12,15H,4,9,14H2,1-3H3. The molecular weight excluding hydrogens is 186 g/mol. The lowest BCUT2D eigenvalue weighted by atomic mass is 9.82. The Hall–Kier alpha value is -0.860. The van der Waals surface area contributed by atoms with E-state index in [4.69, 9.17) is 5.73 Å². The molecule has 0 heterocycles. The van der Waals surface area contributed by atoms with Gasteiger partial charge in [-0.3, -0.25) is 0 Å². The van der Waals surface area contributed by atoms with Crippen molar-refractivity contribution in [2.24, 2.45) is 5.73 Å². The summed E-state index contributed by atoms with van der Waals surface area (Å²) in [6.07, 6.45) is 0.565. The molecule has 0 bridgehead atoms. The zero-order valence-corrected chi connectivity index (χ0v) is 9.83. The van der Waals surface area contributed by atoms with E-state index in [9.17, 15) is 5.11 Å². The third kappa shape index (κ3) is 2.80. The van der Waals surface area contributed by atoms with Crippen molar-refractivity contribution >= 4 is 0 Å². The summed E-state index contributed by atoms with van der Waals surface area (Å²) in [5.41, 5.74) is 7.80. The third-order valence-corrected chi connectivity index (χ3v) is 3.18. The van der Waals surface area contributed by atoms with Gasteiger partial charge in [0, 0.05) is 6.54 Å². The Labute approximate surface area is 92.1 Å². The van der Waals surface area contributed by atoms with Crippen molar-refractivity contribution in [2.45, 2.75) is 38.7 Å². The summed E-state index contributed by atoms with van der Waals surface area (Å²) in [5.74, 6) is 0. The summed E-state index contributed by atoms with van der Waals surface area (Å²) in [6.45, 7) is 6.90.